The van der Waals surface area contributed by atoms with E-state index in [1.54, 1.807) is 7.11 Å². The van der Waals surface area contributed by atoms with Gasteiger partial charge in [0.2, 0.25) is 0 Å². The lowest BCUT2D eigenvalue weighted by atomic mass is 9.74. The minimum absolute atomic E-state index is 0.205. The highest BCUT2D eigenvalue weighted by Crippen LogP contribution is 2.41. The van der Waals surface area contributed by atoms with E-state index in [4.69, 9.17) is 4.74 Å². The van der Waals surface area contributed by atoms with Gasteiger partial charge in [0.05, 0.1) is 12.7 Å². The molecule has 1 N–H and O–H groups in total. The fourth-order valence-corrected chi connectivity index (χ4v) is 4.59. The second kappa shape index (κ2) is 9.60. The van der Waals surface area contributed by atoms with Crippen molar-refractivity contribution >= 4 is 6.08 Å². The molecule has 0 bridgehead atoms. The number of benzene rings is 2. The van der Waals surface area contributed by atoms with Gasteiger partial charge < -0.3 is 14.7 Å². The van der Waals surface area contributed by atoms with Crippen LogP contribution in [0, 0.1) is 12.8 Å². The molecule has 0 amide bonds. The summed E-state index contributed by atoms with van der Waals surface area (Å²) in [6.45, 7) is 3.03. The van der Waals surface area contributed by atoms with E-state index < -0.39 is 5.60 Å². The van der Waals surface area contributed by atoms with Gasteiger partial charge in [-0.05, 0) is 74.7 Å². The van der Waals surface area contributed by atoms with Crippen LogP contribution < -0.4 is 4.74 Å². The van der Waals surface area contributed by atoms with Crippen molar-refractivity contribution in [2.45, 2.75) is 44.6 Å². The lowest BCUT2D eigenvalue weighted by molar-refractivity contribution is 0.00505. The van der Waals surface area contributed by atoms with Gasteiger partial charge in [-0.15, -0.1) is 0 Å². The molecule has 3 nitrogen and oxygen atoms in total. The molecule has 2 aromatic rings. The molecule has 3 heteroatoms. The summed E-state index contributed by atoms with van der Waals surface area (Å²) < 4.78 is 5.41. The maximum atomic E-state index is 12.3. The molecule has 0 heterocycles. The van der Waals surface area contributed by atoms with Crippen molar-refractivity contribution < 1.29 is 9.84 Å². The Bertz CT molecular complexity index is 842. The Morgan fingerprint density at radius 3 is 2.66 bits per heavy atom. The van der Waals surface area contributed by atoms with Gasteiger partial charge in [0, 0.05) is 18.9 Å². The zero-order valence-corrected chi connectivity index (χ0v) is 18.3. The van der Waals surface area contributed by atoms with Crippen LogP contribution in [0.2, 0.25) is 0 Å². The Morgan fingerprint density at radius 2 is 1.93 bits per heavy atom. The lowest BCUT2D eigenvalue weighted by Crippen LogP contribution is -2.45. The van der Waals surface area contributed by atoms with Gasteiger partial charge >= 0.3 is 0 Å². The molecule has 0 aliphatic heterocycles. The molecule has 1 aliphatic rings. The van der Waals surface area contributed by atoms with Crippen LogP contribution in [0.3, 0.4) is 0 Å². The molecule has 1 fully saturated rings. The summed E-state index contributed by atoms with van der Waals surface area (Å²) in [6, 6.07) is 16.6. The first-order valence-corrected chi connectivity index (χ1v) is 10.7. The Labute approximate surface area is 176 Å². The second-order valence-corrected chi connectivity index (χ2v) is 8.68. The highest BCUT2D eigenvalue weighted by Gasteiger charge is 2.41. The molecule has 3 rings (SSSR count). The van der Waals surface area contributed by atoms with E-state index in [1.807, 2.05) is 18.2 Å². The van der Waals surface area contributed by atoms with Gasteiger partial charge in [0.25, 0.3) is 0 Å². The Hall–Kier alpha value is -2.10. The van der Waals surface area contributed by atoms with E-state index in [0.717, 1.165) is 49.1 Å². The van der Waals surface area contributed by atoms with Crippen LogP contribution in [0.4, 0.5) is 0 Å². The van der Waals surface area contributed by atoms with Crippen LogP contribution in [0.5, 0.6) is 5.75 Å². The third kappa shape index (κ3) is 5.29. The predicted octanol–water partition coefficient (Wildman–Crippen LogP) is 5.11. The number of nitrogens with zero attached hydrogens (tertiary/aromatic N) is 1. The summed E-state index contributed by atoms with van der Waals surface area (Å²) in [5.74, 6) is 1.05. The van der Waals surface area contributed by atoms with Crippen LogP contribution in [-0.2, 0) is 6.42 Å². The molecule has 2 unspecified atom stereocenters. The quantitative estimate of drug-likeness (QED) is 0.692. The van der Waals surface area contributed by atoms with Crippen LogP contribution in [-0.4, -0.2) is 43.4 Å². The summed E-state index contributed by atoms with van der Waals surface area (Å²) >= 11 is 0. The smallest absolute Gasteiger partial charge is 0.119 e. The summed E-state index contributed by atoms with van der Waals surface area (Å²) in [5, 5.41) is 12.3. The van der Waals surface area contributed by atoms with E-state index in [-0.39, 0.29) is 5.92 Å². The molecular formula is C26H35NO2. The predicted molar refractivity (Wildman–Crippen MR) is 121 cm³/mol. The van der Waals surface area contributed by atoms with E-state index in [9.17, 15) is 5.11 Å². The molecule has 0 spiro atoms. The Balaban J connectivity index is 2.06. The zero-order valence-electron chi connectivity index (χ0n) is 18.3. The average molecular weight is 394 g/mol. The summed E-state index contributed by atoms with van der Waals surface area (Å²) in [7, 11) is 5.90. The van der Waals surface area contributed by atoms with Crippen molar-refractivity contribution in [3.8, 4) is 5.75 Å². The molecular weight excluding hydrogens is 358 g/mol. The SMILES string of the molecule is COc1cccc(/C=C2\CCCCC(CN(C)C)C2(O)Cc2ccccc2C)c1. The maximum absolute atomic E-state index is 12.3. The zero-order chi connectivity index (χ0) is 20.9. The highest BCUT2D eigenvalue weighted by molar-refractivity contribution is 5.57. The van der Waals surface area contributed by atoms with Gasteiger partial charge in [-0.1, -0.05) is 48.9 Å². The molecule has 1 aliphatic carbocycles. The van der Waals surface area contributed by atoms with Crippen molar-refractivity contribution in [3.63, 3.8) is 0 Å². The monoisotopic (exact) mass is 393 g/mol. The minimum Gasteiger partial charge on any atom is -0.497 e. The largest absolute Gasteiger partial charge is 0.497 e. The van der Waals surface area contributed by atoms with Crippen molar-refractivity contribution in [2.75, 3.05) is 27.7 Å². The number of aryl methyl sites for hydroxylation is 1. The number of hydrogen-bond donors (Lipinski definition) is 1. The van der Waals surface area contributed by atoms with E-state index in [1.165, 1.54) is 11.1 Å². The van der Waals surface area contributed by atoms with Crippen LogP contribution in [0.1, 0.15) is 42.4 Å². The number of rotatable bonds is 6. The van der Waals surface area contributed by atoms with Crippen molar-refractivity contribution in [3.05, 3.63) is 70.8 Å². The van der Waals surface area contributed by atoms with Crippen LogP contribution >= 0.6 is 0 Å². The van der Waals surface area contributed by atoms with Gasteiger partial charge in [0.1, 0.15) is 5.75 Å². The van der Waals surface area contributed by atoms with E-state index in [0.29, 0.717) is 6.42 Å². The summed E-state index contributed by atoms with van der Waals surface area (Å²) in [5.41, 5.74) is 3.87. The topological polar surface area (TPSA) is 32.7 Å². The summed E-state index contributed by atoms with van der Waals surface area (Å²) in [4.78, 5) is 2.21. The third-order valence-electron chi connectivity index (χ3n) is 6.22. The van der Waals surface area contributed by atoms with Crippen LogP contribution in [0.25, 0.3) is 6.08 Å². The summed E-state index contributed by atoms with van der Waals surface area (Å²) in [6.07, 6.45) is 7.13. The standard InChI is InChI=1S/C26H35NO2/c1-20-10-5-6-12-22(20)18-26(28)23(13-7-8-14-24(26)19-27(2)3)16-21-11-9-15-25(17-21)29-4/h5-6,9-12,15-17,24,28H,7-8,13-14,18-19H2,1-4H3/b23-16+. The van der Waals surface area contributed by atoms with Gasteiger partial charge in [0.15, 0.2) is 0 Å². The minimum atomic E-state index is -0.851. The van der Waals surface area contributed by atoms with Crippen molar-refractivity contribution in [1.29, 1.82) is 0 Å². The number of ether oxygens (including phenoxy) is 1. The number of aliphatic hydroxyl groups is 1. The fourth-order valence-electron chi connectivity index (χ4n) is 4.59. The Morgan fingerprint density at radius 1 is 1.14 bits per heavy atom. The molecule has 1 saturated carbocycles. The van der Waals surface area contributed by atoms with Gasteiger partial charge in [-0.25, -0.2) is 0 Å². The average Bonchev–Trinajstić information content (AvgIpc) is 2.84. The van der Waals surface area contributed by atoms with Crippen molar-refractivity contribution in [2.24, 2.45) is 5.92 Å². The van der Waals surface area contributed by atoms with Gasteiger partial charge in [-0.3, -0.25) is 0 Å². The maximum Gasteiger partial charge on any atom is 0.119 e. The first kappa shape index (κ1) is 21.6. The third-order valence-corrected chi connectivity index (χ3v) is 6.22. The highest BCUT2D eigenvalue weighted by atomic mass is 16.5. The Kier molecular flexibility index (Phi) is 7.15. The van der Waals surface area contributed by atoms with E-state index >= 15 is 0 Å². The molecule has 0 radical (unpaired) electrons. The second-order valence-electron chi connectivity index (χ2n) is 8.68. The number of hydrogen-bond acceptors (Lipinski definition) is 3. The van der Waals surface area contributed by atoms with Crippen molar-refractivity contribution in [1.82, 2.24) is 4.90 Å². The first-order valence-electron chi connectivity index (χ1n) is 10.7. The molecule has 0 aromatic heterocycles. The normalized spacial score (nSPS) is 23.9. The van der Waals surface area contributed by atoms with E-state index in [2.05, 4.69) is 62.3 Å². The fraction of sp³-hybridized carbons (Fsp3) is 0.462. The van der Waals surface area contributed by atoms with Gasteiger partial charge in [-0.2, -0.15) is 0 Å². The molecule has 29 heavy (non-hydrogen) atoms. The first-order chi connectivity index (χ1) is 13.9. The van der Waals surface area contributed by atoms with Crippen LogP contribution in [0.15, 0.2) is 54.1 Å². The lowest BCUT2D eigenvalue weighted by Gasteiger charge is -2.39. The molecule has 0 saturated heterocycles. The molecule has 2 atom stereocenters. The molecule has 156 valence electrons. The number of methoxy groups -OCH3 is 1. The molecule has 2 aromatic carbocycles.